The molecular weight excluding hydrogens is 316 g/mol. The zero-order valence-electron chi connectivity index (χ0n) is 13.6. The Balaban J connectivity index is 1.89. The van der Waals surface area contributed by atoms with Crippen molar-refractivity contribution in [2.75, 3.05) is 0 Å². The Morgan fingerprint density at radius 3 is 1.80 bits per heavy atom. The van der Waals surface area contributed by atoms with Crippen molar-refractivity contribution in [2.24, 2.45) is 0 Å². The molecule has 0 saturated carbocycles. The van der Waals surface area contributed by atoms with Gasteiger partial charge >= 0.3 is 11.8 Å². The highest BCUT2D eigenvalue weighted by atomic mass is 16.7. The first-order valence-electron chi connectivity index (χ1n) is 7.97. The summed E-state index contributed by atoms with van der Waals surface area (Å²) in [4.78, 5) is 11.4. The van der Waals surface area contributed by atoms with Gasteiger partial charge in [0.25, 0.3) is 0 Å². The number of aryl methyl sites for hydroxylation is 1. The minimum absolute atomic E-state index is 0.208. The fourth-order valence-electron chi connectivity index (χ4n) is 3.10. The van der Waals surface area contributed by atoms with E-state index in [4.69, 9.17) is 9.47 Å². The van der Waals surface area contributed by atoms with Gasteiger partial charge in [-0.15, -0.1) is 0 Å². The number of hydrogen-bond donors (Lipinski definition) is 1. The lowest BCUT2D eigenvalue weighted by atomic mass is 9.97. The van der Waals surface area contributed by atoms with Crippen LogP contribution in [0.25, 0.3) is 0 Å². The maximum Gasteiger partial charge on any atom is 0.336 e. The first-order valence-corrected chi connectivity index (χ1v) is 7.97. The number of carboxylic acid groups (broad SMARTS) is 1. The van der Waals surface area contributed by atoms with Gasteiger partial charge < -0.3 is 14.6 Å². The highest BCUT2D eigenvalue weighted by Crippen LogP contribution is 2.48. The van der Waals surface area contributed by atoms with Crippen LogP contribution in [0.1, 0.15) is 27.0 Å². The predicted molar refractivity (Wildman–Crippen MR) is 93.1 cm³/mol. The number of ether oxygens (including phenoxy) is 2. The van der Waals surface area contributed by atoms with Gasteiger partial charge in [0.1, 0.15) is 0 Å². The Kier molecular flexibility index (Phi) is 3.46. The van der Waals surface area contributed by atoms with Crippen molar-refractivity contribution in [1.29, 1.82) is 0 Å². The summed E-state index contributed by atoms with van der Waals surface area (Å²) in [5, 5.41) is 9.36. The number of aromatic carboxylic acids is 1. The first-order chi connectivity index (χ1) is 12.1. The minimum Gasteiger partial charge on any atom is -0.478 e. The molecule has 25 heavy (non-hydrogen) atoms. The van der Waals surface area contributed by atoms with Crippen LogP contribution in [-0.2, 0) is 5.79 Å². The molecule has 3 aromatic rings. The topological polar surface area (TPSA) is 55.8 Å². The van der Waals surface area contributed by atoms with E-state index in [1.54, 1.807) is 13.0 Å². The number of hydrogen-bond acceptors (Lipinski definition) is 3. The lowest BCUT2D eigenvalue weighted by Crippen LogP contribution is -2.36. The van der Waals surface area contributed by atoms with Gasteiger partial charge in [-0.05, 0) is 24.6 Å². The summed E-state index contributed by atoms with van der Waals surface area (Å²) in [5.74, 6) is -1.15. The Labute approximate surface area is 145 Å². The van der Waals surface area contributed by atoms with Crippen LogP contribution in [0.3, 0.4) is 0 Å². The second kappa shape index (κ2) is 5.67. The summed E-state index contributed by atoms with van der Waals surface area (Å²) in [6.45, 7) is 1.75. The lowest BCUT2D eigenvalue weighted by Gasteiger charge is -2.28. The van der Waals surface area contributed by atoms with E-state index in [0.29, 0.717) is 17.1 Å². The molecule has 124 valence electrons. The van der Waals surface area contributed by atoms with Crippen molar-refractivity contribution < 1.29 is 19.4 Å². The molecule has 0 saturated heterocycles. The van der Waals surface area contributed by atoms with Crippen LogP contribution in [0, 0.1) is 6.92 Å². The zero-order chi connectivity index (χ0) is 17.4. The molecule has 1 aliphatic heterocycles. The van der Waals surface area contributed by atoms with E-state index in [0.717, 1.165) is 11.1 Å². The smallest absolute Gasteiger partial charge is 0.336 e. The third kappa shape index (κ3) is 2.43. The summed E-state index contributed by atoms with van der Waals surface area (Å²) >= 11 is 0. The quantitative estimate of drug-likeness (QED) is 0.774. The Morgan fingerprint density at radius 1 is 0.840 bits per heavy atom. The van der Waals surface area contributed by atoms with E-state index in [-0.39, 0.29) is 5.56 Å². The van der Waals surface area contributed by atoms with E-state index in [9.17, 15) is 9.90 Å². The second-order valence-corrected chi connectivity index (χ2v) is 5.97. The molecule has 0 bridgehead atoms. The van der Waals surface area contributed by atoms with Crippen molar-refractivity contribution >= 4 is 5.97 Å². The first kappa shape index (κ1) is 15.3. The summed E-state index contributed by atoms with van der Waals surface area (Å²) < 4.78 is 12.5. The molecule has 0 radical (unpaired) electrons. The molecule has 4 nitrogen and oxygen atoms in total. The summed E-state index contributed by atoms with van der Waals surface area (Å²) in [6.07, 6.45) is 0. The van der Waals surface area contributed by atoms with E-state index >= 15 is 0 Å². The van der Waals surface area contributed by atoms with Gasteiger partial charge in [0.15, 0.2) is 11.5 Å². The average Bonchev–Trinajstić information content (AvgIpc) is 3.02. The molecular formula is C21H16O4. The van der Waals surface area contributed by atoms with Crippen LogP contribution in [0.5, 0.6) is 11.5 Å². The minimum atomic E-state index is -1.13. The SMILES string of the molecule is Cc1cc2c(cc1C(=O)O)OC(c1ccccc1)(c1ccccc1)O2. The summed E-state index contributed by atoms with van der Waals surface area (Å²) in [7, 11) is 0. The Bertz CT molecular complexity index is 893. The molecule has 4 heteroatoms. The highest BCUT2D eigenvalue weighted by Gasteiger charge is 2.45. The average molecular weight is 332 g/mol. The van der Waals surface area contributed by atoms with Crippen molar-refractivity contribution in [3.05, 3.63) is 95.1 Å². The Hall–Kier alpha value is -3.27. The monoisotopic (exact) mass is 332 g/mol. The van der Waals surface area contributed by atoms with Crippen molar-refractivity contribution in [2.45, 2.75) is 12.7 Å². The van der Waals surface area contributed by atoms with Crippen molar-refractivity contribution in [1.82, 2.24) is 0 Å². The normalized spacial score (nSPS) is 14.3. The van der Waals surface area contributed by atoms with E-state index in [2.05, 4.69) is 0 Å². The maximum atomic E-state index is 11.4. The molecule has 0 amide bonds. The zero-order valence-corrected chi connectivity index (χ0v) is 13.6. The predicted octanol–water partition coefficient (Wildman–Crippen LogP) is 4.37. The number of carbonyl (C=O) groups is 1. The number of rotatable bonds is 3. The highest BCUT2D eigenvalue weighted by molar-refractivity contribution is 5.90. The molecule has 1 heterocycles. The van der Waals surface area contributed by atoms with Gasteiger partial charge in [-0.25, -0.2) is 4.79 Å². The molecule has 0 atom stereocenters. The van der Waals surface area contributed by atoms with Gasteiger partial charge in [-0.3, -0.25) is 0 Å². The standard InChI is InChI=1S/C21H16O4/c1-14-12-18-19(13-17(14)20(22)23)25-21(24-18,15-8-4-2-5-9-15)16-10-6-3-7-11-16/h2-13H,1H3,(H,22,23). The van der Waals surface area contributed by atoms with Crippen LogP contribution in [0.4, 0.5) is 0 Å². The van der Waals surface area contributed by atoms with Gasteiger partial charge in [-0.2, -0.15) is 0 Å². The largest absolute Gasteiger partial charge is 0.478 e. The van der Waals surface area contributed by atoms with Gasteiger partial charge in [0.2, 0.25) is 0 Å². The molecule has 0 fully saturated rings. The molecule has 1 aliphatic rings. The number of benzene rings is 3. The third-order valence-corrected chi connectivity index (χ3v) is 4.34. The van der Waals surface area contributed by atoms with Crippen LogP contribution >= 0.6 is 0 Å². The van der Waals surface area contributed by atoms with Gasteiger partial charge in [-0.1, -0.05) is 60.7 Å². The van der Waals surface area contributed by atoms with E-state index < -0.39 is 11.8 Å². The van der Waals surface area contributed by atoms with Crippen LogP contribution in [0.2, 0.25) is 0 Å². The Morgan fingerprint density at radius 2 is 1.32 bits per heavy atom. The van der Waals surface area contributed by atoms with Crippen LogP contribution in [0.15, 0.2) is 72.8 Å². The van der Waals surface area contributed by atoms with Crippen LogP contribution < -0.4 is 9.47 Å². The molecule has 0 aromatic heterocycles. The summed E-state index contributed by atoms with van der Waals surface area (Å²) in [5.41, 5.74) is 2.52. The molecule has 3 aromatic carbocycles. The number of fused-ring (bicyclic) bond motifs is 1. The van der Waals surface area contributed by atoms with Crippen molar-refractivity contribution in [3.8, 4) is 11.5 Å². The third-order valence-electron chi connectivity index (χ3n) is 4.34. The lowest BCUT2D eigenvalue weighted by molar-refractivity contribution is -0.0459. The molecule has 1 N–H and O–H groups in total. The molecule has 0 spiro atoms. The molecule has 4 rings (SSSR count). The van der Waals surface area contributed by atoms with E-state index in [1.807, 2.05) is 60.7 Å². The second-order valence-electron chi connectivity index (χ2n) is 5.97. The fourth-order valence-corrected chi connectivity index (χ4v) is 3.10. The molecule has 0 aliphatic carbocycles. The maximum absolute atomic E-state index is 11.4. The van der Waals surface area contributed by atoms with Crippen molar-refractivity contribution in [3.63, 3.8) is 0 Å². The van der Waals surface area contributed by atoms with E-state index in [1.165, 1.54) is 6.07 Å². The fraction of sp³-hybridized carbons (Fsp3) is 0.0952. The summed E-state index contributed by atoms with van der Waals surface area (Å²) in [6, 6.07) is 22.5. The number of carboxylic acids is 1. The van der Waals surface area contributed by atoms with Gasteiger partial charge in [0.05, 0.1) is 5.56 Å². The van der Waals surface area contributed by atoms with Crippen LogP contribution in [-0.4, -0.2) is 11.1 Å². The molecule has 0 unspecified atom stereocenters. The van der Waals surface area contributed by atoms with Gasteiger partial charge in [0, 0.05) is 11.1 Å².